The van der Waals surface area contributed by atoms with E-state index in [0.717, 1.165) is 0 Å². The van der Waals surface area contributed by atoms with E-state index in [1.807, 2.05) is 0 Å². The van der Waals surface area contributed by atoms with Gasteiger partial charge in [-0.3, -0.25) is 10.2 Å². The van der Waals surface area contributed by atoms with Crippen molar-refractivity contribution in [3.63, 3.8) is 0 Å². The summed E-state index contributed by atoms with van der Waals surface area (Å²) < 4.78 is 0. The summed E-state index contributed by atoms with van der Waals surface area (Å²) >= 11 is 4.96. The van der Waals surface area contributed by atoms with E-state index in [9.17, 15) is 4.79 Å². The first kappa shape index (κ1) is 6.43. The lowest BCUT2D eigenvalue weighted by atomic mass is 10.4. The van der Waals surface area contributed by atoms with Gasteiger partial charge in [0.1, 0.15) is 5.17 Å². The topological polar surface area (TPSA) is 66.9 Å². The van der Waals surface area contributed by atoms with Gasteiger partial charge in [0, 0.05) is 0 Å². The number of halogens is 1. The van der Waals surface area contributed by atoms with Gasteiger partial charge in [-0.15, -0.1) is 0 Å². The molecular formula is C3H5ClN2O. The highest BCUT2D eigenvalue weighted by molar-refractivity contribution is 6.65. The van der Waals surface area contributed by atoms with Crippen LogP contribution in [0.1, 0.15) is 6.42 Å². The van der Waals surface area contributed by atoms with Gasteiger partial charge >= 0.3 is 0 Å². The molecule has 0 unspecified atom stereocenters. The van der Waals surface area contributed by atoms with E-state index in [1.54, 1.807) is 0 Å². The van der Waals surface area contributed by atoms with E-state index >= 15 is 0 Å². The Labute approximate surface area is 46.0 Å². The Bertz CT molecular complexity index is 89.1. The van der Waals surface area contributed by atoms with E-state index in [2.05, 4.69) is 5.73 Å². The summed E-state index contributed by atoms with van der Waals surface area (Å²) in [5.41, 5.74) is 4.63. The molecule has 0 aliphatic rings. The molecule has 0 radical (unpaired) electrons. The Hall–Kier alpha value is -0.570. The number of hydrogen-bond acceptors (Lipinski definition) is 2. The predicted octanol–water partition coefficient (Wildman–Crippen LogP) is 0.0779. The Balaban J connectivity index is 3.32. The number of nitrogens with one attached hydrogen (secondary N) is 1. The molecule has 3 nitrogen and oxygen atoms in total. The fraction of sp³-hybridized carbons (Fsp3) is 0.333. The molecule has 0 aromatic rings. The van der Waals surface area contributed by atoms with Gasteiger partial charge in [-0.05, 0) is 0 Å². The minimum absolute atomic E-state index is 0.151. The third kappa shape index (κ3) is 5.43. The van der Waals surface area contributed by atoms with E-state index < -0.39 is 5.91 Å². The fourth-order valence-corrected chi connectivity index (χ4v) is 0.285. The first-order valence-electron chi connectivity index (χ1n) is 1.64. The highest BCUT2D eigenvalue weighted by atomic mass is 35.5. The molecule has 0 saturated carbocycles. The average Bonchev–Trinajstić information content (AvgIpc) is 1.27. The van der Waals surface area contributed by atoms with Crippen LogP contribution in [0, 0.1) is 5.41 Å². The molecule has 0 fully saturated rings. The van der Waals surface area contributed by atoms with Crippen LogP contribution < -0.4 is 5.73 Å². The zero-order chi connectivity index (χ0) is 5.86. The van der Waals surface area contributed by atoms with Gasteiger partial charge in [0.05, 0.1) is 6.42 Å². The number of primary amides is 1. The highest BCUT2D eigenvalue weighted by Gasteiger charge is 1.94. The zero-order valence-corrected chi connectivity index (χ0v) is 4.33. The van der Waals surface area contributed by atoms with Gasteiger partial charge in [0.15, 0.2) is 0 Å². The summed E-state index contributed by atoms with van der Waals surface area (Å²) in [5, 5.41) is 6.27. The van der Waals surface area contributed by atoms with Gasteiger partial charge in [-0.2, -0.15) is 0 Å². The highest BCUT2D eigenvalue weighted by Crippen LogP contribution is 1.84. The quantitative estimate of drug-likeness (QED) is 0.498. The van der Waals surface area contributed by atoms with Crippen LogP contribution in [-0.2, 0) is 4.79 Å². The van der Waals surface area contributed by atoms with Crippen molar-refractivity contribution in [3.8, 4) is 0 Å². The van der Waals surface area contributed by atoms with Crippen molar-refractivity contribution in [1.29, 1.82) is 5.41 Å². The molecule has 0 bridgehead atoms. The predicted molar refractivity (Wildman–Crippen MR) is 27.4 cm³/mol. The molecule has 4 heteroatoms. The summed E-state index contributed by atoms with van der Waals surface area (Å²) in [5.74, 6) is -0.569. The van der Waals surface area contributed by atoms with Crippen LogP contribution in [0.3, 0.4) is 0 Å². The molecule has 0 spiro atoms. The Morgan fingerprint density at radius 1 is 1.86 bits per heavy atom. The van der Waals surface area contributed by atoms with Crippen LogP contribution >= 0.6 is 11.6 Å². The van der Waals surface area contributed by atoms with Crippen LogP contribution in [0.15, 0.2) is 0 Å². The van der Waals surface area contributed by atoms with Crippen molar-refractivity contribution in [2.75, 3.05) is 0 Å². The van der Waals surface area contributed by atoms with Gasteiger partial charge in [0.2, 0.25) is 5.91 Å². The monoisotopic (exact) mass is 120 g/mol. The fourth-order valence-electron chi connectivity index (χ4n) is 0.153. The Kier molecular flexibility index (Phi) is 2.37. The second-order valence-electron chi connectivity index (χ2n) is 1.05. The summed E-state index contributed by atoms with van der Waals surface area (Å²) in [6.45, 7) is 0. The van der Waals surface area contributed by atoms with Crippen LogP contribution in [0.4, 0.5) is 0 Å². The molecule has 7 heavy (non-hydrogen) atoms. The Morgan fingerprint density at radius 2 is 2.29 bits per heavy atom. The van der Waals surface area contributed by atoms with Crippen molar-refractivity contribution in [2.24, 2.45) is 5.73 Å². The molecule has 0 aromatic heterocycles. The lowest BCUT2D eigenvalue weighted by Crippen LogP contribution is -2.12. The van der Waals surface area contributed by atoms with Gasteiger partial charge < -0.3 is 5.73 Å². The van der Waals surface area contributed by atoms with Gasteiger partial charge in [0.25, 0.3) is 0 Å². The maximum Gasteiger partial charge on any atom is 0.224 e. The van der Waals surface area contributed by atoms with Crippen molar-refractivity contribution in [1.82, 2.24) is 0 Å². The number of amides is 1. The second-order valence-corrected chi connectivity index (χ2v) is 1.50. The number of carbonyl (C=O) groups excluding carboxylic acids is 1. The summed E-state index contributed by atoms with van der Waals surface area (Å²) in [7, 11) is 0. The number of hydrogen-bond donors (Lipinski definition) is 2. The number of carbonyl (C=O) groups is 1. The lowest BCUT2D eigenvalue weighted by Gasteiger charge is -1.83. The maximum atomic E-state index is 9.81. The molecule has 0 aliphatic carbocycles. The summed E-state index contributed by atoms with van der Waals surface area (Å²) in [6.07, 6.45) is -0.151. The molecule has 0 heterocycles. The molecule has 1 amide bonds. The molecule has 0 atom stereocenters. The molecule has 0 saturated heterocycles. The molecule has 3 N–H and O–H groups in total. The number of rotatable bonds is 2. The maximum absolute atomic E-state index is 9.81. The van der Waals surface area contributed by atoms with Crippen molar-refractivity contribution in [2.45, 2.75) is 6.42 Å². The molecule has 0 aromatic carbocycles. The summed E-state index contributed by atoms with van der Waals surface area (Å²) in [4.78, 5) is 9.81. The number of nitrogens with two attached hydrogens (primary N) is 1. The van der Waals surface area contributed by atoms with Crippen LogP contribution in [0.2, 0.25) is 0 Å². The van der Waals surface area contributed by atoms with Crippen molar-refractivity contribution < 1.29 is 4.79 Å². The van der Waals surface area contributed by atoms with E-state index in [0.29, 0.717) is 0 Å². The minimum atomic E-state index is -0.569. The zero-order valence-electron chi connectivity index (χ0n) is 3.57. The largest absolute Gasteiger partial charge is 0.369 e. The van der Waals surface area contributed by atoms with Crippen LogP contribution in [-0.4, -0.2) is 11.1 Å². The smallest absolute Gasteiger partial charge is 0.224 e. The normalized spacial score (nSPS) is 8.14. The van der Waals surface area contributed by atoms with E-state index in [4.69, 9.17) is 17.0 Å². The second kappa shape index (κ2) is 2.58. The van der Waals surface area contributed by atoms with Crippen molar-refractivity contribution >= 4 is 22.7 Å². The van der Waals surface area contributed by atoms with Crippen LogP contribution in [0.25, 0.3) is 0 Å². The lowest BCUT2D eigenvalue weighted by molar-refractivity contribution is -0.116. The molecule has 0 rings (SSSR count). The Morgan fingerprint density at radius 3 is 2.29 bits per heavy atom. The third-order valence-electron chi connectivity index (χ3n) is 0.329. The first-order valence-corrected chi connectivity index (χ1v) is 2.02. The average molecular weight is 121 g/mol. The molecular weight excluding hydrogens is 115 g/mol. The van der Waals surface area contributed by atoms with Crippen LogP contribution in [0.5, 0.6) is 0 Å². The summed E-state index contributed by atoms with van der Waals surface area (Å²) in [6, 6.07) is 0. The van der Waals surface area contributed by atoms with Gasteiger partial charge in [-0.25, -0.2) is 0 Å². The van der Waals surface area contributed by atoms with E-state index in [1.165, 1.54) is 0 Å². The van der Waals surface area contributed by atoms with Crippen molar-refractivity contribution in [3.05, 3.63) is 0 Å². The minimum Gasteiger partial charge on any atom is -0.369 e. The SMILES string of the molecule is N=C(Cl)CC(N)=O. The third-order valence-corrected chi connectivity index (χ3v) is 0.463. The molecule has 40 valence electrons. The molecule has 0 aliphatic heterocycles. The standard InChI is InChI=1S/C3H5ClN2O/c4-2(5)1-3(6)7/h5H,1H2,(H2,6,7). The van der Waals surface area contributed by atoms with Gasteiger partial charge in [-0.1, -0.05) is 11.6 Å². The van der Waals surface area contributed by atoms with E-state index in [-0.39, 0.29) is 11.6 Å². The first-order chi connectivity index (χ1) is 3.13.